The highest BCUT2D eigenvalue weighted by atomic mass is 32.1. The fraction of sp³-hybridized carbons (Fsp3) is 0.333. The Kier molecular flexibility index (Phi) is 8.43. The van der Waals surface area contributed by atoms with Crippen LogP contribution in [0, 0.1) is 5.82 Å². The summed E-state index contributed by atoms with van der Waals surface area (Å²) in [6, 6.07) is 15.0. The van der Waals surface area contributed by atoms with E-state index in [-0.39, 0.29) is 18.5 Å². The molecule has 4 rings (SSSR count). The van der Waals surface area contributed by atoms with Crippen molar-refractivity contribution in [2.75, 3.05) is 32.6 Å². The van der Waals surface area contributed by atoms with E-state index in [4.69, 9.17) is 9.47 Å². The highest BCUT2D eigenvalue weighted by Crippen LogP contribution is 2.29. The fourth-order valence-corrected chi connectivity index (χ4v) is 4.66. The van der Waals surface area contributed by atoms with Gasteiger partial charge in [-0.2, -0.15) is 0 Å². The summed E-state index contributed by atoms with van der Waals surface area (Å²) in [7, 11) is 3.19. The predicted molar refractivity (Wildman–Crippen MR) is 138 cm³/mol. The number of ether oxygens (including phenoxy) is 2. The Morgan fingerprint density at radius 2 is 1.86 bits per heavy atom. The zero-order valence-electron chi connectivity index (χ0n) is 20.4. The predicted octanol–water partition coefficient (Wildman–Crippen LogP) is 5.17. The molecule has 3 amide bonds. The number of carbonyl (C=O) groups is 2. The molecule has 1 heterocycles. The number of hydrogen-bond acceptors (Lipinski definition) is 5. The van der Waals surface area contributed by atoms with Crippen molar-refractivity contribution in [3.63, 3.8) is 0 Å². The maximum Gasteiger partial charge on any atom is 0.322 e. The van der Waals surface area contributed by atoms with Gasteiger partial charge < -0.3 is 24.6 Å². The summed E-state index contributed by atoms with van der Waals surface area (Å²) in [6.07, 6.45) is 2.32. The summed E-state index contributed by atoms with van der Waals surface area (Å²) >= 11 is 1.59. The first-order valence-electron chi connectivity index (χ1n) is 11.8. The molecule has 1 aliphatic rings. The molecule has 1 N–H and O–H groups in total. The largest absolute Gasteiger partial charge is 0.493 e. The van der Waals surface area contributed by atoms with E-state index in [1.165, 1.54) is 18.2 Å². The molecule has 0 atom stereocenters. The molecule has 36 heavy (non-hydrogen) atoms. The molecule has 0 radical (unpaired) electrons. The highest BCUT2D eigenvalue weighted by Gasteiger charge is 2.35. The second-order valence-corrected chi connectivity index (χ2v) is 9.67. The number of thiophene rings is 1. The van der Waals surface area contributed by atoms with E-state index < -0.39 is 11.8 Å². The minimum absolute atomic E-state index is 0.0111. The zero-order valence-corrected chi connectivity index (χ0v) is 21.2. The summed E-state index contributed by atoms with van der Waals surface area (Å²) in [5, 5.41) is 4.71. The second-order valence-electron chi connectivity index (χ2n) is 8.63. The van der Waals surface area contributed by atoms with Crippen LogP contribution in [0.5, 0.6) is 11.5 Å². The number of amides is 3. The minimum atomic E-state index is -0.431. The summed E-state index contributed by atoms with van der Waals surface area (Å²) < 4.78 is 24.3. The van der Waals surface area contributed by atoms with Crippen LogP contribution in [0.25, 0.3) is 0 Å². The van der Waals surface area contributed by atoms with Crippen LogP contribution in [0.15, 0.2) is 60.0 Å². The number of nitrogens with zero attached hydrogens (tertiary/aromatic N) is 2. The third kappa shape index (κ3) is 6.75. The molecule has 0 aliphatic heterocycles. The van der Waals surface area contributed by atoms with Gasteiger partial charge in [-0.05, 0) is 66.6 Å². The number of halogens is 1. The quantitative estimate of drug-likeness (QED) is 0.386. The number of hydrogen-bond donors (Lipinski definition) is 1. The Bertz CT molecular complexity index is 1180. The molecule has 2 aromatic carbocycles. The van der Waals surface area contributed by atoms with Gasteiger partial charge in [-0.3, -0.25) is 4.79 Å². The average molecular weight is 512 g/mol. The van der Waals surface area contributed by atoms with E-state index in [0.29, 0.717) is 36.7 Å². The lowest BCUT2D eigenvalue weighted by molar-refractivity contribution is -0.132. The molecule has 7 nitrogen and oxygen atoms in total. The molecule has 0 bridgehead atoms. The Morgan fingerprint density at radius 3 is 2.53 bits per heavy atom. The molecular weight excluding hydrogens is 481 g/mol. The maximum atomic E-state index is 13.6. The van der Waals surface area contributed by atoms with Gasteiger partial charge in [0.05, 0.1) is 20.8 Å². The van der Waals surface area contributed by atoms with Crippen LogP contribution >= 0.6 is 11.3 Å². The Labute approximate surface area is 214 Å². The standard InChI is InChI=1S/C27H30FN3O4S/c1-34-24-11-8-19(15-25(24)35-2)12-13-30(17-23-7-4-14-36-23)26(32)18-31(22-9-10-22)27(33)29-21-6-3-5-20(28)16-21/h3-8,11,14-16,22H,9-10,12-13,17-18H2,1-2H3,(H,29,33). The van der Waals surface area contributed by atoms with Gasteiger partial charge in [0.25, 0.3) is 0 Å². The van der Waals surface area contributed by atoms with E-state index in [1.54, 1.807) is 41.4 Å². The second kappa shape index (κ2) is 11.9. The maximum absolute atomic E-state index is 13.6. The van der Waals surface area contributed by atoms with E-state index in [1.807, 2.05) is 35.7 Å². The average Bonchev–Trinajstić information content (AvgIpc) is 3.59. The number of rotatable bonds is 11. The topological polar surface area (TPSA) is 71.1 Å². The third-order valence-electron chi connectivity index (χ3n) is 6.03. The van der Waals surface area contributed by atoms with Crippen molar-refractivity contribution < 1.29 is 23.5 Å². The number of carbonyl (C=O) groups excluding carboxylic acids is 2. The molecule has 1 aromatic heterocycles. The van der Waals surface area contributed by atoms with Crippen LogP contribution < -0.4 is 14.8 Å². The van der Waals surface area contributed by atoms with Crippen LogP contribution in [0.2, 0.25) is 0 Å². The molecule has 1 saturated carbocycles. The first-order valence-corrected chi connectivity index (χ1v) is 12.7. The summed E-state index contributed by atoms with van der Waals surface area (Å²) in [5.41, 5.74) is 1.38. The van der Waals surface area contributed by atoms with Crippen LogP contribution in [-0.2, 0) is 17.8 Å². The van der Waals surface area contributed by atoms with Gasteiger partial charge in [-0.25, -0.2) is 9.18 Å². The molecule has 1 fully saturated rings. The molecule has 0 saturated heterocycles. The highest BCUT2D eigenvalue weighted by molar-refractivity contribution is 7.09. The number of urea groups is 1. The molecule has 0 unspecified atom stereocenters. The van der Waals surface area contributed by atoms with E-state index in [9.17, 15) is 14.0 Å². The minimum Gasteiger partial charge on any atom is -0.493 e. The lowest BCUT2D eigenvalue weighted by atomic mass is 10.1. The number of methoxy groups -OCH3 is 2. The summed E-state index contributed by atoms with van der Waals surface area (Å²) in [6.45, 7) is 0.910. The van der Waals surface area contributed by atoms with Crippen molar-refractivity contribution in [2.45, 2.75) is 31.8 Å². The van der Waals surface area contributed by atoms with Gasteiger partial charge in [0.15, 0.2) is 11.5 Å². The van der Waals surface area contributed by atoms with Crippen molar-refractivity contribution in [3.8, 4) is 11.5 Å². The Balaban J connectivity index is 1.45. The van der Waals surface area contributed by atoms with Crippen molar-refractivity contribution in [2.24, 2.45) is 0 Å². The van der Waals surface area contributed by atoms with Crippen LogP contribution in [-0.4, -0.2) is 55.1 Å². The van der Waals surface area contributed by atoms with Crippen molar-refractivity contribution in [1.29, 1.82) is 0 Å². The Hall–Kier alpha value is -3.59. The van der Waals surface area contributed by atoms with Gasteiger partial charge in [0.2, 0.25) is 5.91 Å². The summed E-state index contributed by atoms with van der Waals surface area (Å²) in [4.78, 5) is 30.9. The smallest absolute Gasteiger partial charge is 0.322 e. The zero-order chi connectivity index (χ0) is 25.5. The van der Waals surface area contributed by atoms with E-state index in [2.05, 4.69) is 5.32 Å². The Morgan fingerprint density at radius 1 is 1.06 bits per heavy atom. The van der Waals surface area contributed by atoms with Crippen molar-refractivity contribution >= 4 is 29.0 Å². The molecule has 3 aromatic rings. The van der Waals surface area contributed by atoms with Crippen LogP contribution in [0.4, 0.5) is 14.9 Å². The molecule has 9 heteroatoms. The van der Waals surface area contributed by atoms with Gasteiger partial charge in [0, 0.05) is 23.2 Å². The molecule has 1 aliphatic carbocycles. The first-order chi connectivity index (χ1) is 17.5. The van der Waals surface area contributed by atoms with E-state index >= 15 is 0 Å². The number of anilines is 1. The third-order valence-corrected chi connectivity index (χ3v) is 6.89. The van der Waals surface area contributed by atoms with Crippen LogP contribution in [0.3, 0.4) is 0 Å². The van der Waals surface area contributed by atoms with Crippen LogP contribution in [0.1, 0.15) is 23.3 Å². The van der Waals surface area contributed by atoms with Gasteiger partial charge in [-0.1, -0.05) is 18.2 Å². The summed E-state index contributed by atoms with van der Waals surface area (Å²) in [5.74, 6) is 0.724. The monoisotopic (exact) mass is 511 g/mol. The normalized spacial score (nSPS) is 12.6. The first kappa shape index (κ1) is 25.5. The van der Waals surface area contributed by atoms with E-state index in [0.717, 1.165) is 23.3 Å². The van der Waals surface area contributed by atoms with Gasteiger partial charge in [-0.15, -0.1) is 11.3 Å². The van der Waals surface area contributed by atoms with Gasteiger partial charge in [0.1, 0.15) is 12.4 Å². The SMILES string of the molecule is COc1ccc(CCN(Cc2cccs2)C(=O)CN(C(=O)Nc2cccc(F)c2)C2CC2)cc1OC. The lowest BCUT2D eigenvalue weighted by Gasteiger charge is -2.28. The molecular formula is C27H30FN3O4S. The molecule has 190 valence electrons. The number of benzene rings is 2. The lowest BCUT2D eigenvalue weighted by Crippen LogP contribution is -2.45. The fourth-order valence-electron chi connectivity index (χ4n) is 3.94. The van der Waals surface area contributed by atoms with Gasteiger partial charge >= 0.3 is 6.03 Å². The van der Waals surface area contributed by atoms with Crippen molar-refractivity contribution in [1.82, 2.24) is 9.80 Å². The molecule has 0 spiro atoms. The van der Waals surface area contributed by atoms with Crippen molar-refractivity contribution in [3.05, 3.63) is 76.2 Å². The number of nitrogens with one attached hydrogen (secondary N) is 1.